The first-order valence-corrected chi connectivity index (χ1v) is 10.5. The number of benzene rings is 2. The van der Waals surface area contributed by atoms with Crippen LogP contribution in [0, 0.1) is 0 Å². The van der Waals surface area contributed by atoms with Gasteiger partial charge in [0, 0.05) is 17.1 Å². The summed E-state index contributed by atoms with van der Waals surface area (Å²) in [5.41, 5.74) is 1.28. The number of nitrogens with one attached hydrogen (secondary N) is 1. The highest BCUT2D eigenvalue weighted by molar-refractivity contribution is 6.31. The van der Waals surface area contributed by atoms with E-state index in [-0.39, 0.29) is 23.8 Å². The van der Waals surface area contributed by atoms with Crippen LogP contribution in [-0.4, -0.2) is 35.4 Å². The third kappa shape index (κ3) is 6.77. The second-order valence-electron chi connectivity index (χ2n) is 8.30. The Kier molecular flexibility index (Phi) is 8.30. The SMILES string of the molecule is CC[C@@H](C(=O)NC(C)(C)C)N(Cc1ccc(OC)cc1)C(=O)Cc1ccccc1Cl. The van der Waals surface area contributed by atoms with Gasteiger partial charge in [-0.3, -0.25) is 9.59 Å². The number of nitrogens with zero attached hydrogens (tertiary/aromatic N) is 1. The zero-order valence-corrected chi connectivity index (χ0v) is 19.1. The fourth-order valence-corrected chi connectivity index (χ4v) is 3.41. The Hall–Kier alpha value is -2.53. The Balaban J connectivity index is 2.32. The van der Waals surface area contributed by atoms with Crippen LogP contribution in [-0.2, 0) is 22.6 Å². The second kappa shape index (κ2) is 10.5. The molecule has 2 aromatic carbocycles. The van der Waals surface area contributed by atoms with Crippen LogP contribution in [0.4, 0.5) is 0 Å². The van der Waals surface area contributed by atoms with Crippen molar-refractivity contribution >= 4 is 23.4 Å². The van der Waals surface area contributed by atoms with Crippen LogP contribution in [0.3, 0.4) is 0 Å². The Morgan fingerprint density at radius 2 is 1.73 bits per heavy atom. The fourth-order valence-electron chi connectivity index (χ4n) is 3.21. The molecule has 0 fully saturated rings. The van der Waals surface area contributed by atoms with Crippen molar-refractivity contribution in [3.8, 4) is 5.75 Å². The van der Waals surface area contributed by atoms with Crippen molar-refractivity contribution in [2.45, 2.75) is 58.7 Å². The smallest absolute Gasteiger partial charge is 0.243 e. The van der Waals surface area contributed by atoms with E-state index in [4.69, 9.17) is 16.3 Å². The summed E-state index contributed by atoms with van der Waals surface area (Å²) in [6.45, 7) is 8.02. The minimum Gasteiger partial charge on any atom is -0.497 e. The summed E-state index contributed by atoms with van der Waals surface area (Å²) in [5, 5.41) is 3.55. The molecule has 0 aliphatic heterocycles. The van der Waals surface area contributed by atoms with Crippen molar-refractivity contribution in [2.24, 2.45) is 0 Å². The average molecular weight is 431 g/mol. The number of hydrogen-bond donors (Lipinski definition) is 1. The van der Waals surface area contributed by atoms with Gasteiger partial charge < -0.3 is 15.0 Å². The van der Waals surface area contributed by atoms with Gasteiger partial charge in [-0.05, 0) is 56.5 Å². The molecule has 6 heteroatoms. The summed E-state index contributed by atoms with van der Waals surface area (Å²) in [4.78, 5) is 28.0. The minimum absolute atomic E-state index is 0.134. The molecule has 0 aliphatic carbocycles. The van der Waals surface area contributed by atoms with Crippen LogP contribution in [0.2, 0.25) is 5.02 Å². The molecular formula is C24H31ClN2O3. The van der Waals surface area contributed by atoms with E-state index in [1.807, 2.05) is 70.2 Å². The molecule has 0 aromatic heterocycles. The van der Waals surface area contributed by atoms with Gasteiger partial charge in [0.15, 0.2) is 0 Å². The largest absolute Gasteiger partial charge is 0.497 e. The van der Waals surface area contributed by atoms with Crippen molar-refractivity contribution in [3.05, 3.63) is 64.7 Å². The lowest BCUT2D eigenvalue weighted by atomic mass is 10.0. The zero-order valence-electron chi connectivity index (χ0n) is 18.4. The number of halogens is 1. The predicted molar refractivity (Wildman–Crippen MR) is 121 cm³/mol. The number of hydrogen-bond acceptors (Lipinski definition) is 3. The van der Waals surface area contributed by atoms with Gasteiger partial charge in [0.2, 0.25) is 11.8 Å². The summed E-state index contributed by atoms with van der Waals surface area (Å²) in [7, 11) is 1.61. The molecule has 5 nitrogen and oxygen atoms in total. The first-order valence-electron chi connectivity index (χ1n) is 10.1. The van der Waals surface area contributed by atoms with E-state index in [1.54, 1.807) is 18.1 Å². The third-order valence-electron chi connectivity index (χ3n) is 4.70. The first-order chi connectivity index (χ1) is 14.1. The predicted octanol–water partition coefficient (Wildman–Crippen LogP) is 4.61. The molecule has 0 aliphatic rings. The van der Waals surface area contributed by atoms with Crippen molar-refractivity contribution < 1.29 is 14.3 Å². The Labute approximate surface area is 184 Å². The van der Waals surface area contributed by atoms with Crippen molar-refractivity contribution in [3.63, 3.8) is 0 Å². The lowest BCUT2D eigenvalue weighted by Crippen LogP contribution is -2.53. The molecule has 162 valence electrons. The first kappa shape index (κ1) is 23.7. The van der Waals surface area contributed by atoms with Crippen molar-refractivity contribution in [1.29, 1.82) is 0 Å². The topological polar surface area (TPSA) is 58.6 Å². The Morgan fingerprint density at radius 3 is 2.27 bits per heavy atom. The van der Waals surface area contributed by atoms with Crippen LogP contribution in [0.25, 0.3) is 0 Å². The van der Waals surface area contributed by atoms with Crippen LogP contribution in [0.1, 0.15) is 45.2 Å². The fraction of sp³-hybridized carbons (Fsp3) is 0.417. The highest BCUT2D eigenvalue weighted by atomic mass is 35.5. The quantitative estimate of drug-likeness (QED) is 0.665. The molecule has 0 unspecified atom stereocenters. The summed E-state index contributed by atoms with van der Waals surface area (Å²) in [6.07, 6.45) is 0.640. The molecule has 0 saturated carbocycles. The van der Waals surface area contributed by atoms with Gasteiger partial charge in [0.1, 0.15) is 11.8 Å². The molecule has 30 heavy (non-hydrogen) atoms. The molecule has 1 atom stereocenters. The van der Waals surface area contributed by atoms with Gasteiger partial charge in [-0.15, -0.1) is 0 Å². The van der Waals surface area contributed by atoms with E-state index in [2.05, 4.69) is 5.32 Å². The molecular weight excluding hydrogens is 400 g/mol. The van der Waals surface area contributed by atoms with Crippen molar-refractivity contribution in [2.75, 3.05) is 7.11 Å². The summed E-state index contributed by atoms with van der Waals surface area (Å²) in [5.74, 6) is 0.436. The molecule has 2 amide bonds. The maximum Gasteiger partial charge on any atom is 0.243 e. The molecule has 1 N–H and O–H groups in total. The molecule has 2 aromatic rings. The summed E-state index contributed by atoms with van der Waals surface area (Å²) < 4.78 is 5.22. The van der Waals surface area contributed by atoms with Gasteiger partial charge in [-0.25, -0.2) is 0 Å². The molecule has 0 radical (unpaired) electrons. The number of ether oxygens (including phenoxy) is 1. The lowest BCUT2D eigenvalue weighted by molar-refractivity contribution is -0.141. The van der Waals surface area contributed by atoms with Crippen molar-refractivity contribution in [1.82, 2.24) is 10.2 Å². The van der Waals surface area contributed by atoms with Gasteiger partial charge in [-0.1, -0.05) is 48.9 Å². The van der Waals surface area contributed by atoms with Gasteiger partial charge in [-0.2, -0.15) is 0 Å². The maximum atomic E-state index is 13.3. The van der Waals surface area contributed by atoms with Gasteiger partial charge >= 0.3 is 0 Å². The molecule has 0 spiro atoms. The lowest BCUT2D eigenvalue weighted by Gasteiger charge is -2.33. The molecule has 0 heterocycles. The Bertz CT molecular complexity index is 859. The zero-order chi connectivity index (χ0) is 22.3. The maximum absolute atomic E-state index is 13.3. The molecule has 0 saturated heterocycles. The minimum atomic E-state index is -0.582. The third-order valence-corrected chi connectivity index (χ3v) is 5.06. The van der Waals surface area contributed by atoms with Gasteiger partial charge in [0.05, 0.1) is 13.5 Å². The monoisotopic (exact) mass is 430 g/mol. The van der Waals surface area contributed by atoms with E-state index in [0.29, 0.717) is 18.0 Å². The number of amides is 2. The highest BCUT2D eigenvalue weighted by Crippen LogP contribution is 2.20. The number of carbonyl (C=O) groups is 2. The van der Waals surface area contributed by atoms with Crippen LogP contribution in [0.15, 0.2) is 48.5 Å². The Morgan fingerprint density at radius 1 is 1.10 bits per heavy atom. The van der Waals surface area contributed by atoms with Crippen LogP contribution < -0.4 is 10.1 Å². The van der Waals surface area contributed by atoms with E-state index in [0.717, 1.165) is 16.9 Å². The van der Waals surface area contributed by atoms with E-state index in [9.17, 15) is 9.59 Å². The molecule has 2 rings (SSSR count). The summed E-state index contributed by atoms with van der Waals surface area (Å²) >= 11 is 6.27. The van der Waals surface area contributed by atoms with Crippen LogP contribution >= 0.6 is 11.6 Å². The standard InChI is InChI=1S/C24H31ClN2O3/c1-6-21(23(29)26-24(2,3)4)27(16-17-11-13-19(30-5)14-12-17)22(28)15-18-9-7-8-10-20(18)25/h7-14,21H,6,15-16H2,1-5H3,(H,26,29)/t21-/m0/s1. The van der Waals surface area contributed by atoms with E-state index in [1.165, 1.54) is 0 Å². The van der Waals surface area contributed by atoms with Gasteiger partial charge in [0.25, 0.3) is 0 Å². The normalized spacial score (nSPS) is 12.2. The number of rotatable bonds is 8. The van der Waals surface area contributed by atoms with E-state index < -0.39 is 6.04 Å². The average Bonchev–Trinajstić information content (AvgIpc) is 2.68. The number of carbonyl (C=O) groups excluding carboxylic acids is 2. The van der Waals surface area contributed by atoms with Crippen LogP contribution in [0.5, 0.6) is 5.75 Å². The summed E-state index contributed by atoms with van der Waals surface area (Å²) in [6, 6.07) is 14.2. The number of methoxy groups -OCH3 is 1. The molecule has 0 bridgehead atoms. The second-order valence-corrected chi connectivity index (χ2v) is 8.71. The highest BCUT2D eigenvalue weighted by Gasteiger charge is 2.30. The van der Waals surface area contributed by atoms with E-state index >= 15 is 0 Å².